The van der Waals surface area contributed by atoms with E-state index in [0.29, 0.717) is 0 Å². The highest BCUT2D eigenvalue weighted by molar-refractivity contribution is 7.88. The van der Waals surface area contributed by atoms with Crippen molar-refractivity contribution in [1.29, 1.82) is 0 Å². The monoisotopic (exact) mass is 676 g/mol. The highest BCUT2D eigenvalue weighted by Crippen LogP contribution is 2.57. The minimum Gasteiger partial charge on any atom is -0.310 e. The zero-order chi connectivity index (χ0) is 34.9. The van der Waals surface area contributed by atoms with Crippen molar-refractivity contribution in [3.8, 4) is 11.1 Å². The molecule has 0 aliphatic carbocycles. The molecule has 0 radical (unpaired) electrons. The average molecular weight is 677 g/mol. The van der Waals surface area contributed by atoms with E-state index in [9.17, 15) is 0 Å². The highest BCUT2D eigenvalue weighted by Gasteiger charge is 2.39. The molecule has 0 bridgehead atoms. The van der Waals surface area contributed by atoms with Gasteiger partial charge in [-0.2, -0.15) is 0 Å². The second kappa shape index (κ2) is 10.4. The minimum absolute atomic E-state index is 0.0911. The van der Waals surface area contributed by atoms with Crippen LogP contribution >= 0.6 is 6.89 Å². The molecule has 1 atom stereocenters. The predicted octanol–water partition coefficient (Wildman–Crippen LogP) is 12.1. The molecule has 1 unspecified atom stereocenters. The van der Waals surface area contributed by atoms with Gasteiger partial charge in [0.05, 0.1) is 28.4 Å². The van der Waals surface area contributed by atoms with Crippen molar-refractivity contribution >= 4 is 68.7 Å². The first-order chi connectivity index (χ1) is 24.6. The second-order valence-corrected chi connectivity index (χ2v) is 19.0. The van der Waals surface area contributed by atoms with Gasteiger partial charge < -0.3 is 9.80 Å². The standard InChI is InChI=1S/C48H41N2P/c1-47(2)36-17-7-11-21-41(36)49(42-22-12-8-18-37(42)47)31-26-29-45-35(30-31)34-28-27-32-33(46(34)51(45,5)6)16-15-25-40(32)50-43-23-13-9-19-38(43)48(3,4)39-20-10-14-24-44(39)50/h7-30H,5H2,1-4,6H3. The summed E-state index contributed by atoms with van der Waals surface area (Å²) in [6, 6.07) is 54.5. The Kier molecular flexibility index (Phi) is 6.21. The number of hydrogen-bond acceptors (Lipinski definition) is 2. The van der Waals surface area contributed by atoms with Gasteiger partial charge in [0.2, 0.25) is 0 Å². The lowest BCUT2D eigenvalue weighted by Gasteiger charge is -2.42. The van der Waals surface area contributed by atoms with Crippen molar-refractivity contribution in [2.75, 3.05) is 16.5 Å². The number of benzene rings is 7. The van der Waals surface area contributed by atoms with Crippen LogP contribution in [0.15, 0.2) is 146 Å². The summed E-state index contributed by atoms with van der Waals surface area (Å²) in [5.41, 5.74) is 15.2. The van der Waals surface area contributed by atoms with Gasteiger partial charge in [0.1, 0.15) is 0 Å². The van der Waals surface area contributed by atoms with Crippen LogP contribution in [-0.4, -0.2) is 13.0 Å². The predicted molar refractivity (Wildman–Crippen MR) is 222 cm³/mol. The Morgan fingerprint density at radius 2 is 0.922 bits per heavy atom. The van der Waals surface area contributed by atoms with Crippen molar-refractivity contribution in [1.82, 2.24) is 0 Å². The van der Waals surface area contributed by atoms with Gasteiger partial charge in [-0.3, -0.25) is 0 Å². The maximum atomic E-state index is 5.05. The fourth-order valence-corrected chi connectivity index (χ4v) is 12.4. The smallest absolute Gasteiger partial charge is 0.0540 e. The van der Waals surface area contributed by atoms with Crippen LogP contribution < -0.4 is 20.4 Å². The van der Waals surface area contributed by atoms with E-state index in [-0.39, 0.29) is 10.8 Å². The Bertz CT molecular complexity index is 2560. The van der Waals surface area contributed by atoms with Crippen LogP contribution in [0.5, 0.6) is 0 Å². The van der Waals surface area contributed by atoms with Gasteiger partial charge >= 0.3 is 0 Å². The van der Waals surface area contributed by atoms with Crippen molar-refractivity contribution in [3.05, 3.63) is 168 Å². The molecule has 0 N–H and O–H groups in total. The topological polar surface area (TPSA) is 6.48 Å². The van der Waals surface area contributed by atoms with Crippen molar-refractivity contribution < 1.29 is 0 Å². The van der Waals surface area contributed by atoms with Crippen LogP contribution in [0.1, 0.15) is 49.9 Å². The second-order valence-electron chi connectivity index (χ2n) is 15.7. The summed E-state index contributed by atoms with van der Waals surface area (Å²) in [5.74, 6) is 0. The van der Waals surface area contributed by atoms with Gasteiger partial charge in [0.15, 0.2) is 0 Å². The minimum atomic E-state index is -1.93. The molecule has 7 aromatic rings. The lowest BCUT2D eigenvalue weighted by Crippen LogP contribution is -2.30. The lowest BCUT2D eigenvalue weighted by molar-refractivity contribution is 0.632. The number of para-hydroxylation sites is 4. The number of hydrogen-bond donors (Lipinski definition) is 0. The number of fused-ring (bicyclic) bond motifs is 9. The van der Waals surface area contributed by atoms with Crippen LogP contribution in [0, 0.1) is 0 Å². The van der Waals surface area contributed by atoms with E-state index in [0.717, 1.165) is 0 Å². The van der Waals surface area contributed by atoms with Crippen molar-refractivity contribution in [2.45, 2.75) is 38.5 Å². The molecular weight excluding hydrogens is 636 g/mol. The molecule has 0 fully saturated rings. The molecule has 3 heterocycles. The van der Waals surface area contributed by atoms with Gasteiger partial charge in [-0.1, -0.05) is 144 Å². The third-order valence-corrected chi connectivity index (χ3v) is 15.0. The molecule has 0 saturated carbocycles. The molecule has 0 amide bonds. The van der Waals surface area contributed by atoms with Crippen LogP contribution in [0.2, 0.25) is 0 Å². The summed E-state index contributed by atoms with van der Waals surface area (Å²) in [7, 11) is 0. The Labute approximate surface area is 301 Å². The third kappa shape index (κ3) is 4.00. The van der Waals surface area contributed by atoms with Crippen molar-refractivity contribution in [3.63, 3.8) is 0 Å². The molecule has 0 saturated heterocycles. The quantitative estimate of drug-likeness (QED) is 0.168. The molecule has 3 aliphatic heterocycles. The summed E-state index contributed by atoms with van der Waals surface area (Å²) in [5, 5.41) is 5.37. The van der Waals surface area contributed by atoms with E-state index >= 15 is 0 Å². The largest absolute Gasteiger partial charge is 0.310 e. The van der Waals surface area contributed by atoms with Crippen LogP contribution in [0.3, 0.4) is 0 Å². The van der Waals surface area contributed by atoms with Gasteiger partial charge in [0, 0.05) is 21.9 Å². The van der Waals surface area contributed by atoms with Crippen LogP contribution in [0.4, 0.5) is 34.1 Å². The fraction of sp³-hybridized carbons (Fsp3) is 0.146. The Balaban J connectivity index is 1.17. The molecule has 51 heavy (non-hydrogen) atoms. The molecule has 3 aliphatic rings. The number of rotatable bonds is 2. The SMILES string of the molecule is C=P1(C)c2ccc(N3c4ccccc4C(C)(C)c4ccccc43)cc2-c2ccc3c(N4c5ccccc5C(C)(C)c5ccccc54)cccc3c21. The fourth-order valence-electron chi connectivity index (χ4n) is 9.58. The van der Waals surface area contributed by atoms with E-state index in [1.807, 2.05) is 0 Å². The average Bonchev–Trinajstić information content (AvgIpc) is 3.38. The molecule has 3 heteroatoms. The highest BCUT2D eigenvalue weighted by atomic mass is 31.2. The number of anilines is 6. The van der Waals surface area contributed by atoms with E-state index in [4.69, 9.17) is 6.30 Å². The van der Waals surface area contributed by atoms with E-state index in [1.165, 1.54) is 88.9 Å². The maximum Gasteiger partial charge on any atom is 0.0540 e. The molecule has 248 valence electrons. The molecule has 2 nitrogen and oxygen atoms in total. The van der Waals surface area contributed by atoms with E-state index in [1.54, 1.807) is 0 Å². The maximum absolute atomic E-state index is 5.05. The summed E-state index contributed by atoms with van der Waals surface area (Å²) in [4.78, 5) is 4.97. The molecule has 10 rings (SSSR count). The Morgan fingerprint density at radius 3 is 1.45 bits per heavy atom. The zero-order valence-electron chi connectivity index (χ0n) is 29.9. The van der Waals surface area contributed by atoms with Gasteiger partial charge in [-0.05, 0) is 98.5 Å². The summed E-state index contributed by atoms with van der Waals surface area (Å²) in [6.45, 7) is 9.88. The normalized spacial score (nSPS) is 18.7. The Morgan fingerprint density at radius 1 is 0.451 bits per heavy atom. The van der Waals surface area contributed by atoms with Gasteiger partial charge in [-0.15, -0.1) is 0 Å². The summed E-state index contributed by atoms with van der Waals surface area (Å²) in [6.07, 6.45) is 5.05. The summed E-state index contributed by atoms with van der Waals surface area (Å²) >= 11 is 0. The molecule has 0 aromatic heterocycles. The molecular formula is C48H41N2P. The molecule has 0 spiro atoms. The van der Waals surface area contributed by atoms with Gasteiger partial charge in [-0.25, -0.2) is 0 Å². The van der Waals surface area contributed by atoms with E-state index in [2.05, 4.69) is 190 Å². The van der Waals surface area contributed by atoms with Gasteiger partial charge in [0.25, 0.3) is 0 Å². The number of nitrogens with zero attached hydrogens (tertiary/aromatic N) is 2. The van der Waals surface area contributed by atoms with Crippen LogP contribution in [-0.2, 0) is 10.8 Å². The zero-order valence-corrected chi connectivity index (χ0v) is 30.8. The third-order valence-electron chi connectivity index (χ3n) is 12.1. The van der Waals surface area contributed by atoms with E-state index < -0.39 is 6.89 Å². The van der Waals surface area contributed by atoms with Crippen LogP contribution in [0.25, 0.3) is 21.9 Å². The molecule has 7 aromatic carbocycles. The summed E-state index contributed by atoms with van der Waals surface area (Å²) < 4.78 is 0. The Hall–Kier alpha value is -5.30. The van der Waals surface area contributed by atoms with Crippen molar-refractivity contribution in [2.24, 2.45) is 0 Å². The lowest BCUT2D eigenvalue weighted by atomic mass is 9.73. The first kappa shape index (κ1) is 30.5. The first-order valence-corrected chi connectivity index (χ1v) is 20.4. The first-order valence-electron chi connectivity index (χ1n) is 18.0.